The lowest BCUT2D eigenvalue weighted by atomic mass is 10.2. The molecule has 0 amide bonds. The van der Waals surface area contributed by atoms with Crippen molar-refractivity contribution in [1.82, 2.24) is 9.55 Å². The molecule has 0 bridgehead atoms. The number of aromatic nitrogens is 2. The van der Waals surface area contributed by atoms with Crippen LogP contribution in [-0.2, 0) is 6.54 Å². The largest absolute Gasteiger partial charge is 0.494 e. The highest BCUT2D eigenvalue weighted by molar-refractivity contribution is 5.75. The van der Waals surface area contributed by atoms with Crippen LogP contribution in [0.4, 0.5) is 0 Å². The highest BCUT2D eigenvalue weighted by atomic mass is 16.5. The van der Waals surface area contributed by atoms with Crippen molar-refractivity contribution in [2.24, 2.45) is 0 Å². The predicted octanol–water partition coefficient (Wildman–Crippen LogP) is 4.18. The van der Waals surface area contributed by atoms with Gasteiger partial charge in [0, 0.05) is 6.54 Å². The normalized spacial score (nSPS) is 11.0. The molecule has 0 fully saturated rings. The van der Waals surface area contributed by atoms with E-state index in [2.05, 4.69) is 53.7 Å². The molecular formula is C18H20N2O. The Labute approximate surface area is 125 Å². The lowest BCUT2D eigenvalue weighted by Gasteiger charge is -2.09. The number of hydrogen-bond acceptors (Lipinski definition) is 2. The van der Waals surface area contributed by atoms with Crippen molar-refractivity contribution in [2.45, 2.75) is 26.8 Å². The third-order valence-electron chi connectivity index (χ3n) is 3.58. The standard InChI is InChI=1S/C18H20N2O/c1-3-12-21-16-10-8-15(9-11-16)13-20-14(2)19-17-6-4-5-7-18(17)20/h4-11H,3,12-13H2,1-2H3. The maximum Gasteiger partial charge on any atom is 0.119 e. The van der Waals surface area contributed by atoms with Gasteiger partial charge in [0.05, 0.1) is 17.6 Å². The first kappa shape index (κ1) is 13.7. The van der Waals surface area contributed by atoms with Crippen molar-refractivity contribution >= 4 is 11.0 Å². The van der Waals surface area contributed by atoms with Crippen molar-refractivity contribution in [2.75, 3.05) is 6.61 Å². The van der Waals surface area contributed by atoms with Gasteiger partial charge in [-0.1, -0.05) is 31.2 Å². The second kappa shape index (κ2) is 6.00. The highest BCUT2D eigenvalue weighted by Gasteiger charge is 2.07. The fourth-order valence-corrected chi connectivity index (χ4v) is 2.49. The van der Waals surface area contributed by atoms with Gasteiger partial charge in [0.1, 0.15) is 11.6 Å². The van der Waals surface area contributed by atoms with Crippen LogP contribution < -0.4 is 4.74 Å². The number of benzene rings is 2. The van der Waals surface area contributed by atoms with Crippen molar-refractivity contribution in [1.29, 1.82) is 0 Å². The molecule has 0 aliphatic heterocycles. The van der Waals surface area contributed by atoms with Crippen LogP contribution in [-0.4, -0.2) is 16.2 Å². The Bertz CT molecular complexity index is 729. The van der Waals surface area contributed by atoms with Gasteiger partial charge in [-0.05, 0) is 43.2 Å². The summed E-state index contributed by atoms with van der Waals surface area (Å²) in [4.78, 5) is 4.61. The summed E-state index contributed by atoms with van der Waals surface area (Å²) < 4.78 is 7.87. The molecule has 3 heteroatoms. The molecule has 0 spiro atoms. The molecule has 1 aromatic heterocycles. The van der Waals surface area contributed by atoms with Crippen LogP contribution in [0, 0.1) is 6.92 Å². The molecule has 0 saturated carbocycles. The van der Waals surface area contributed by atoms with E-state index in [1.54, 1.807) is 0 Å². The van der Waals surface area contributed by atoms with Gasteiger partial charge in [-0.25, -0.2) is 4.98 Å². The molecule has 108 valence electrons. The first-order chi connectivity index (χ1) is 10.3. The minimum Gasteiger partial charge on any atom is -0.494 e. The quantitative estimate of drug-likeness (QED) is 0.701. The molecule has 0 atom stereocenters. The minimum atomic E-state index is 0.768. The molecule has 0 unspecified atom stereocenters. The molecule has 3 rings (SSSR count). The topological polar surface area (TPSA) is 27.1 Å². The van der Waals surface area contributed by atoms with Gasteiger partial charge in [-0.3, -0.25) is 0 Å². The van der Waals surface area contributed by atoms with Crippen LogP contribution in [0.5, 0.6) is 5.75 Å². The van der Waals surface area contributed by atoms with E-state index in [0.717, 1.165) is 36.7 Å². The van der Waals surface area contributed by atoms with E-state index in [-0.39, 0.29) is 0 Å². The number of fused-ring (bicyclic) bond motifs is 1. The lowest BCUT2D eigenvalue weighted by molar-refractivity contribution is 0.317. The van der Waals surface area contributed by atoms with Gasteiger partial charge in [0.15, 0.2) is 0 Å². The van der Waals surface area contributed by atoms with E-state index < -0.39 is 0 Å². The molecule has 0 radical (unpaired) electrons. The second-order valence-electron chi connectivity index (χ2n) is 5.23. The Kier molecular flexibility index (Phi) is 3.91. The number of para-hydroxylation sites is 2. The smallest absolute Gasteiger partial charge is 0.119 e. The summed E-state index contributed by atoms with van der Waals surface area (Å²) in [5.74, 6) is 1.98. The van der Waals surface area contributed by atoms with Crippen LogP contribution in [0.25, 0.3) is 11.0 Å². The number of aryl methyl sites for hydroxylation is 1. The zero-order valence-corrected chi connectivity index (χ0v) is 12.5. The summed E-state index contributed by atoms with van der Waals surface area (Å²) in [6.45, 7) is 5.77. The van der Waals surface area contributed by atoms with Gasteiger partial charge >= 0.3 is 0 Å². The maximum absolute atomic E-state index is 5.62. The number of ether oxygens (including phenoxy) is 1. The predicted molar refractivity (Wildman–Crippen MR) is 85.8 cm³/mol. The van der Waals surface area contributed by atoms with Gasteiger partial charge in [0.2, 0.25) is 0 Å². The zero-order chi connectivity index (χ0) is 14.7. The van der Waals surface area contributed by atoms with Crippen molar-refractivity contribution < 1.29 is 4.74 Å². The van der Waals surface area contributed by atoms with Crippen molar-refractivity contribution in [3.63, 3.8) is 0 Å². The summed E-state index contributed by atoms with van der Waals surface area (Å²) in [5, 5.41) is 0. The van der Waals surface area contributed by atoms with Crippen LogP contribution in [0.3, 0.4) is 0 Å². The third-order valence-corrected chi connectivity index (χ3v) is 3.58. The Morgan fingerprint density at radius 1 is 1.05 bits per heavy atom. The summed E-state index contributed by atoms with van der Waals surface area (Å²) in [6, 6.07) is 16.6. The van der Waals surface area contributed by atoms with E-state index in [1.807, 2.05) is 18.2 Å². The van der Waals surface area contributed by atoms with E-state index >= 15 is 0 Å². The Morgan fingerprint density at radius 3 is 2.57 bits per heavy atom. The molecule has 0 N–H and O–H groups in total. The van der Waals surface area contributed by atoms with E-state index in [0.29, 0.717) is 0 Å². The summed E-state index contributed by atoms with van der Waals surface area (Å²) in [7, 11) is 0. The van der Waals surface area contributed by atoms with Crippen molar-refractivity contribution in [3.05, 3.63) is 59.9 Å². The second-order valence-corrected chi connectivity index (χ2v) is 5.23. The number of nitrogens with zero attached hydrogens (tertiary/aromatic N) is 2. The Balaban J connectivity index is 1.83. The van der Waals surface area contributed by atoms with E-state index in [9.17, 15) is 0 Å². The maximum atomic E-state index is 5.62. The molecular weight excluding hydrogens is 260 g/mol. The molecule has 21 heavy (non-hydrogen) atoms. The third kappa shape index (κ3) is 2.92. The van der Waals surface area contributed by atoms with Crippen LogP contribution in [0.15, 0.2) is 48.5 Å². The summed E-state index contributed by atoms with van der Waals surface area (Å²) in [6.07, 6.45) is 1.03. The monoisotopic (exact) mass is 280 g/mol. The fourth-order valence-electron chi connectivity index (χ4n) is 2.49. The van der Waals surface area contributed by atoms with Crippen LogP contribution in [0.1, 0.15) is 24.7 Å². The van der Waals surface area contributed by atoms with E-state index in [4.69, 9.17) is 4.74 Å². The van der Waals surface area contributed by atoms with Gasteiger partial charge < -0.3 is 9.30 Å². The van der Waals surface area contributed by atoms with E-state index in [1.165, 1.54) is 11.1 Å². The number of imidazole rings is 1. The van der Waals surface area contributed by atoms with Crippen LogP contribution >= 0.6 is 0 Å². The molecule has 0 aliphatic rings. The zero-order valence-electron chi connectivity index (χ0n) is 12.5. The van der Waals surface area contributed by atoms with Gasteiger partial charge in [0.25, 0.3) is 0 Å². The summed E-state index contributed by atoms with van der Waals surface area (Å²) in [5.41, 5.74) is 3.49. The molecule has 1 heterocycles. The molecule has 3 nitrogen and oxygen atoms in total. The number of hydrogen-bond donors (Lipinski definition) is 0. The number of rotatable bonds is 5. The van der Waals surface area contributed by atoms with Crippen molar-refractivity contribution in [3.8, 4) is 5.75 Å². The fraction of sp³-hybridized carbons (Fsp3) is 0.278. The van der Waals surface area contributed by atoms with Gasteiger partial charge in [-0.2, -0.15) is 0 Å². The average Bonchev–Trinajstić information content (AvgIpc) is 2.83. The molecule has 3 aromatic rings. The average molecular weight is 280 g/mol. The minimum absolute atomic E-state index is 0.768. The lowest BCUT2D eigenvalue weighted by Crippen LogP contribution is -2.02. The molecule has 0 aliphatic carbocycles. The Hall–Kier alpha value is -2.29. The first-order valence-corrected chi connectivity index (χ1v) is 7.41. The molecule has 2 aromatic carbocycles. The first-order valence-electron chi connectivity index (χ1n) is 7.41. The summed E-state index contributed by atoms with van der Waals surface area (Å²) >= 11 is 0. The molecule has 0 saturated heterocycles. The Morgan fingerprint density at radius 2 is 1.81 bits per heavy atom. The van der Waals surface area contributed by atoms with Gasteiger partial charge in [-0.15, -0.1) is 0 Å². The SMILES string of the molecule is CCCOc1ccc(Cn2c(C)nc3ccccc32)cc1. The van der Waals surface area contributed by atoms with Crippen LogP contribution in [0.2, 0.25) is 0 Å². The highest BCUT2D eigenvalue weighted by Crippen LogP contribution is 2.19.